The normalized spacial score (nSPS) is 15.7. The van der Waals surface area contributed by atoms with Crippen LogP contribution in [0.25, 0.3) is 0 Å². The van der Waals surface area contributed by atoms with Gasteiger partial charge in [0.1, 0.15) is 16.5 Å². The van der Waals surface area contributed by atoms with Gasteiger partial charge in [0, 0.05) is 32.6 Å². The van der Waals surface area contributed by atoms with Gasteiger partial charge in [-0.15, -0.1) is 0 Å². The Morgan fingerprint density at radius 3 is 2.11 bits per heavy atom. The molecule has 0 atom stereocenters. The highest BCUT2D eigenvalue weighted by molar-refractivity contribution is 7.89. The summed E-state index contributed by atoms with van der Waals surface area (Å²) in [6.07, 6.45) is 0.445. The molecular formula is C19H20F2N2O3S. The number of carbonyl (C=O) groups excluding carboxylic acids is 1. The molecule has 144 valence electrons. The maximum absolute atomic E-state index is 13.8. The molecule has 1 saturated heterocycles. The minimum Gasteiger partial charge on any atom is -0.340 e. The third kappa shape index (κ3) is 4.33. The molecule has 1 aliphatic rings. The van der Waals surface area contributed by atoms with Gasteiger partial charge < -0.3 is 4.90 Å². The van der Waals surface area contributed by atoms with Gasteiger partial charge in [0.05, 0.1) is 0 Å². The Hall–Kier alpha value is -2.32. The van der Waals surface area contributed by atoms with E-state index in [1.165, 1.54) is 28.6 Å². The molecule has 0 radical (unpaired) electrons. The molecule has 3 rings (SSSR count). The molecule has 1 amide bonds. The van der Waals surface area contributed by atoms with Crippen molar-refractivity contribution in [3.8, 4) is 0 Å². The number of hydrogen-bond donors (Lipinski definition) is 0. The number of hydrogen-bond acceptors (Lipinski definition) is 3. The topological polar surface area (TPSA) is 57.7 Å². The molecule has 0 unspecified atom stereocenters. The number of amides is 1. The number of halogens is 2. The van der Waals surface area contributed by atoms with Gasteiger partial charge in [-0.25, -0.2) is 17.2 Å². The maximum atomic E-state index is 13.8. The molecule has 0 spiro atoms. The van der Waals surface area contributed by atoms with Crippen molar-refractivity contribution in [3.05, 3.63) is 65.7 Å². The van der Waals surface area contributed by atoms with Crippen molar-refractivity contribution in [2.75, 3.05) is 26.2 Å². The number of piperazine rings is 1. The highest BCUT2D eigenvalue weighted by atomic mass is 32.2. The molecule has 1 fully saturated rings. The van der Waals surface area contributed by atoms with Crippen LogP contribution in [0.3, 0.4) is 0 Å². The Kier molecular flexibility index (Phi) is 5.86. The Morgan fingerprint density at radius 2 is 1.48 bits per heavy atom. The smallest absolute Gasteiger partial charge is 0.246 e. The van der Waals surface area contributed by atoms with Gasteiger partial charge in [-0.05, 0) is 30.2 Å². The van der Waals surface area contributed by atoms with Crippen LogP contribution in [0.1, 0.15) is 12.0 Å². The van der Waals surface area contributed by atoms with Crippen LogP contribution in [0.5, 0.6) is 0 Å². The zero-order valence-electron chi connectivity index (χ0n) is 14.6. The molecular weight excluding hydrogens is 374 g/mol. The second-order valence-corrected chi connectivity index (χ2v) is 8.21. The molecule has 5 nitrogen and oxygen atoms in total. The third-order valence-electron chi connectivity index (χ3n) is 4.61. The quantitative estimate of drug-likeness (QED) is 0.783. The van der Waals surface area contributed by atoms with E-state index in [4.69, 9.17) is 0 Å². The van der Waals surface area contributed by atoms with Gasteiger partial charge >= 0.3 is 0 Å². The molecule has 2 aromatic rings. The number of carbonyl (C=O) groups is 1. The third-order valence-corrected chi connectivity index (χ3v) is 6.54. The summed E-state index contributed by atoms with van der Waals surface area (Å²) in [6.45, 7) is 0.651. The molecule has 0 aromatic heterocycles. The Bertz CT molecular complexity index is 926. The fraction of sp³-hybridized carbons (Fsp3) is 0.316. The minimum atomic E-state index is -3.93. The van der Waals surface area contributed by atoms with Crippen molar-refractivity contribution >= 4 is 15.9 Å². The summed E-state index contributed by atoms with van der Waals surface area (Å²) in [5.74, 6) is -1.28. The average Bonchev–Trinajstić information content (AvgIpc) is 2.67. The Morgan fingerprint density at radius 1 is 0.889 bits per heavy atom. The number of benzene rings is 2. The molecule has 0 bridgehead atoms. The van der Waals surface area contributed by atoms with E-state index in [1.54, 1.807) is 23.1 Å². The lowest BCUT2D eigenvalue weighted by Gasteiger charge is -2.34. The van der Waals surface area contributed by atoms with Crippen LogP contribution >= 0.6 is 0 Å². The minimum absolute atomic E-state index is 0.0993. The van der Waals surface area contributed by atoms with Crippen LogP contribution in [-0.4, -0.2) is 49.7 Å². The van der Waals surface area contributed by atoms with Crippen molar-refractivity contribution < 1.29 is 22.0 Å². The van der Waals surface area contributed by atoms with E-state index in [1.807, 2.05) is 0 Å². The fourth-order valence-corrected chi connectivity index (χ4v) is 4.56. The van der Waals surface area contributed by atoms with Gasteiger partial charge in [-0.3, -0.25) is 4.79 Å². The van der Waals surface area contributed by atoms with E-state index in [2.05, 4.69) is 0 Å². The second kappa shape index (κ2) is 8.14. The summed E-state index contributed by atoms with van der Waals surface area (Å²) < 4.78 is 53.8. The number of nitrogens with zero attached hydrogens (tertiary/aromatic N) is 2. The van der Waals surface area contributed by atoms with Gasteiger partial charge in [0.15, 0.2) is 0 Å². The van der Waals surface area contributed by atoms with Gasteiger partial charge in [-0.2, -0.15) is 4.31 Å². The van der Waals surface area contributed by atoms with Crippen molar-refractivity contribution in [2.24, 2.45) is 0 Å². The molecule has 8 heteroatoms. The summed E-state index contributed by atoms with van der Waals surface area (Å²) in [4.78, 5) is 13.5. The van der Waals surface area contributed by atoms with Crippen LogP contribution in [0.4, 0.5) is 8.78 Å². The summed E-state index contributed by atoms with van der Waals surface area (Å²) in [5.41, 5.74) is 0.478. The van der Waals surface area contributed by atoms with Crippen molar-refractivity contribution in [1.82, 2.24) is 9.21 Å². The van der Waals surface area contributed by atoms with E-state index >= 15 is 0 Å². The molecule has 2 aromatic carbocycles. The van der Waals surface area contributed by atoms with E-state index in [-0.39, 0.29) is 49.2 Å². The molecule has 1 heterocycles. The van der Waals surface area contributed by atoms with E-state index in [0.29, 0.717) is 12.0 Å². The standard InChI is InChI=1S/C19H20F2N2O3S/c20-16-6-2-1-5-15(16)9-10-19(24)22-11-13-23(14-12-22)27(25,26)18-8-4-3-7-17(18)21/h1-8H,9-14H2. The summed E-state index contributed by atoms with van der Waals surface area (Å²) in [7, 11) is -3.93. The molecule has 0 saturated carbocycles. The molecule has 27 heavy (non-hydrogen) atoms. The number of sulfonamides is 1. The Labute approximate surface area is 157 Å². The summed E-state index contributed by atoms with van der Waals surface area (Å²) >= 11 is 0. The lowest BCUT2D eigenvalue weighted by Crippen LogP contribution is -2.50. The lowest BCUT2D eigenvalue weighted by molar-refractivity contribution is -0.132. The van der Waals surface area contributed by atoms with Crippen LogP contribution in [0, 0.1) is 11.6 Å². The van der Waals surface area contributed by atoms with Crippen molar-refractivity contribution in [1.29, 1.82) is 0 Å². The van der Waals surface area contributed by atoms with Crippen LogP contribution in [-0.2, 0) is 21.2 Å². The maximum Gasteiger partial charge on any atom is 0.246 e. The first-order valence-corrected chi connectivity index (χ1v) is 10.1. The van der Waals surface area contributed by atoms with Gasteiger partial charge in [-0.1, -0.05) is 30.3 Å². The zero-order valence-corrected chi connectivity index (χ0v) is 15.5. The van der Waals surface area contributed by atoms with Crippen LogP contribution < -0.4 is 0 Å². The Balaban J connectivity index is 1.58. The van der Waals surface area contributed by atoms with Crippen LogP contribution in [0.2, 0.25) is 0 Å². The highest BCUT2D eigenvalue weighted by Gasteiger charge is 2.31. The van der Waals surface area contributed by atoms with Gasteiger partial charge in [0.2, 0.25) is 15.9 Å². The first kappa shape index (κ1) is 19.4. The first-order valence-electron chi connectivity index (χ1n) is 8.65. The van der Waals surface area contributed by atoms with Crippen LogP contribution in [0.15, 0.2) is 53.4 Å². The molecule has 1 aliphatic heterocycles. The predicted molar refractivity (Wildman–Crippen MR) is 96.5 cm³/mol. The van der Waals surface area contributed by atoms with E-state index < -0.39 is 15.8 Å². The van der Waals surface area contributed by atoms with Gasteiger partial charge in [0.25, 0.3) is 0 Å². The highest BCUT2D eigenvalue weighted by Crippen LogP contribution is 2.20. The summed E-state index contributed by atoms with van der Waals surface area (Å²) in [6, 6.07) is 11.5. The fourth-order valence-electron chi connectivity index (χ4n) is 3.07. The average molecular weight is 394 g/mol. The zero-order chi connectivity index (χ0) is 19.4. The second-order valence-electron chi connectivity index (χ2n) is 6.31. The SMILES string of the molecule is O=C(CCc1ccccc1F)N1CCN(S(=O)(=O)c2ccccc2F)CC1. The van der Waals surface area contributed by atoms with Crippen molar-refractivity contribution in [2.45, 2.75) is 17.7 Å². The molecule has 0 aliphatic carbocycles. The lowest BCUT2D eigenvalue weighted by atomic mass is 10.1. The predicted octanol–water partition coefficient (Wildman–Crippen LogP) is 2.43. The monoisotopic (exact) mass is 394 g/mol. The number of rotatable bonds is 5. The largest absolute Gasteiger partial charge is 0.340 e. The van der Waals surface area contributed by atoms with E-state index in [9.17, 15) is 22.0 Å². The first-order chi connectivity index (χ1) is 12.9. The molecule has 0 N–H and O–H groups in total. The summed E-state index contributed by atoms with van der Waals surface area (Å²) in [5, 5.41) is 0. The van der Waals surface area contributed by atoms with Crippen molar-refractivity contribution in [3.63, 3.8) is 0 Å². The number of aryl methyl sites for hydroxylation is 1. The van der Waals surface area contributed by atoms with E-state index in [0.717, 1.165) is 6.07 Å².